The molecule has 1 unspecified atom stereocenters. The quantitative estimate of drug-likeness (QED) is 0.550. The first-order valence-corrected chi connectivity index (χ1v) is 6.72. The average Bonchev–Trinajstić information content (AvgIpc) is 1.82. The van der Waals surface area contributed by atoms with Gasteiger partial charge < -0.3 is 4.74 Å². The SMILES string of the molecule is CCCC(OC)[SiH](C)C. The van der Waals surface area contributed by atoms with E-state index < -0.39 is 8.80 Å². The highest BCUT2D eigenvalue weighted by Gasteiger charge is 2.10. The van der Waals surface area contributed by atoms with Gasteiger partial charge in [0.05, 0.1) is 8.80 Å². The molecular weight excluding hydrogens is 128 g/mol. The molecule has 9 heavy (non-hydrogen) atoms. The molecule has 0 aromatic rings. The molecule has 0 saturated carbocycles. The third-order valence-corrected chi connectivity index (χ3v) is 3.71. The summed E-state index contributed by atoms with van der Waals surface area (Å²) in [6, 6.07) is 0. The zero-order valence-electron chi connectivity index (χ0n) is 6.98. The summed E-state index contributed by atoms with van der Waals surface area (Å²) >= 11 is 0. The van der Waals surface area contributed by atoms with Crippen molar-refractivity contribution in [1.29, 1.82) is 0 Å². The second-order valence-electron chi connectivity index (χ2n) is 2.81. The predicted molar refractivity (Wildman–Crippen MR) is 44.6 cm³/mol. The van der Waals surface area contributed by atoms with Crippen molar-refractivity contribution < 1.29 is 4.74 Å². The molecule has 0 aromatic heterocycles. The standard InChI is InChI=1S/C7H18OSi/c1-5-6-7(8-2)9(3)4/h7,9H,5-6H2,1-4H3. The fraction of sp³-hybridized carbons (Fsp3) is 1.00. The third kappa shape index (κ3) is 3.70. The smallest absolute Gasteiger partial charge is 0.0655 e. The van der Waals surface area contributed by atoms with Gasteiger partial charge in [0.2, 0.25) is 0 Å². The molecule has 0 rings (SSSR count). The van der Waals surface area contributed by atoms with Crippen molar-refractivity contribution >= 4 is 8.80 Å². The number of hydrogen-bond acceptors (Lipinski definition) is 1. The van der Waals surface area contributed by atoms with E-state index in [4.69, 9.17) is 4.74 Å². The van der Waals surface area contributed by atoms with Crippen LogP contribution in [0.4, 0.5) is 0 Å². The van der Waals surface area contributed by atoms with Gasteiger partial charge in [-0.1, -0.05) is 26.4 Å². The molecule has 0 amide bonds. The Balaban J connectivity index is 3.41. The molecule has 0 fully saturated rings. The van der Waals surface area contributed by atoms with Crippen LogP contribution in [0.5, 0.6) is 0 Å². The zero-order valence-corrected chi connectivity index (χ0v) is 8.13. The van der Waals surface area contributed by atoms with Gasteiger partial charge in [-0.15, -0.1) is 0 Å². The molecular formula is C7H18OSi. The van der Waals surface area contributed by atoms with Gasteiger partial charge in [-0.3, -0.25) is 0 Å². The van der Waals surface area contributed by atoms with Crippen LogP contribution < -0.4 is 0 Å². The van der Waals surface area contributed by atoms with Crippen molar-refractivity contribution in [2.24, 2.45) is 0 Å². The van der Waals surface area contributed by atoms with Crippen LogP contribution >= 0.6 is 0 Å². The van der Waals surface area contributed by atoms with Crippen LogP contribution in [0.25, 0.3) is 0 Å². The van der Waals surface area contributed by atoms with E-state index in [0.717, 1.165) is 0 Å². The molecule has 1 nitrogen and oxygen atoms in total. The van der Waals surface area contributed by atoms with E-state index in [1.807, 2.05) is 7.11 Å². The highest BCUT2D eigenvalue weighted by Crippen LogP contribution is 2.04. The van der Waals surface area contributed by atoms with Crippen molar-refractivity contribution in [3.05, 3.63) is 0 Å². The van der Waals surface area contributed by atoms with Gasteiger partial charge >= 0.3 is 0 Å². The van der Waals surface area contributed by atoms with E-state index in [1.54, 1.807) is 0 Å². The first-order valence-electron chi connectivity index (χ1n) is 3.75. The maximum absolute atomic E-state index is 5.31. The van der Waals surface area contributed by atoms with Crippen molar-refractivity contribution in [1.82, 2.24) is 0 Å². The van der Waals surface area contributed by atoms with Crippen LogP contribution in [0.2, 0.25) is 13.1 Å². The lowest BCUT2D eigenvalue weighted by atomic mass is 10.4. The zero-order chi connectivity index (χ0) is 7.28. The van der Waals surface area contributed by atoms with Crippen molar-refractivity contribution in [3.63, 3.8) is 0 Å². The van der Waals surface area contributed by atoms with E-state index in [0.29, 0.717) is 5.73 Å². The lowest BCUT2D eigenvalue weighted by Gasteiger charge is -2.16. The molecule has 0 bridgehead atoms. The van der Waals surface area contributed by atoms with Crippen LogP contribution in [-0.4, -0.2) is 21.6 Å². The summed E-state index contributed by atoms with van der Waals surface area (Å²) in [4.78, 5) is 0. The second kappa shape index (κ2) is 5.00. The highest BCUT2D eigenvalue weighted by atomic mass is 28.3. The van der Waals surface area contributed by atoms with Gasteiger partial charge in [0, 0.05) is 12.8 Å². The fourth-order valence-electron chi connectivity index (χ4n) is 1.01. The minimum atomic E-state index is -0.525. The van der Waals surface area contributed by atoms with Crippen molar-refractivity contribution in [2.75, 3.05) is 7.11 Å². The summed E-state index contributed by atoms with van der Waals surface area (Å²) in [6.45, 7) is 6.89. The minimum absolute atomic E-state index is 0.525. The van der Waals surface area contributed by atoms with E-state index in [-0.39, 0.29) is 0 Å². The Kier molecular flexibility index (Phi) is 5.10. The Hall–Kier alpha value is 0.177. The van der Waals surface area contributed by atoms with Gasteiger partial charge in [0.15, 0.2) is 0 Å². The lowest BCUT2D eigenvalue weighted by Crippen LogP contribution is -2.26. The molecule has 56 valence electrons. The predicted octanol–water partition coefficient (Wildman–Crippen LogP) is 1.83. The van der Waals surface area contributed by atoms with Crippen LogP contribution in [0.1, 0.15) is 19.8 Å². The molecule has 1 atom stereocenters. The monoisotopic (exact) mass is 146 g/mol. The summed E-state index contributed by atoms with van der Waals surface area (Å²) in [5.41, 5.74) is 0.606. The van der Waals surface area contributed by atoms with Gasteiger partial charge in [0.1, 0.15) is 0 Å². The average molecular weight is 146 g/mol. The summed E-state index contributed by atoms with van der Waals surface area (Å²) in [6.07, 6.45) is 2.50. The molecule has 0 radical (unpaired) electrons. The van der Waals surface area contributed by atoms with Crippen molar-refractivity contribution in [3.8, 4) is 0 Å². The lowest BCUT2D eigenvalue weighted by molar-refractivity contribution is 0.153. The Bertz CT molecular complexity index is 63.9. The van der Waals surface area contributed by atoms with Crippen LogP contribution in [0.3, 0.4) is 0 Å². The fourth-order valence-corrected chi connectivity index (χ4v) is 2.55. The van der Waals surface area contributed by atoms with Crippen LogP contribution in [0, 0.1) is 0 Å². The van der Waals surface area contributed by atoms with E-state index in [1.165, 1.54) is 12.8 Å². The molecule has 0 aliphatic carbocycles. The number of ether oxygens (including phenoxy) is 1. The van der Waals surface area contributed by atoms with Gasteiger partial charge in [-0.05, 0) is 6.42 Å². The number of methoxy groups -OCH3 is 1. The summed E-state index contributed by atoms with van der Waals surface area (Å²) in [5.74, 6) is 0. The first kappa shape index (κ1) is 9.18. The number of rotatable bonds is 4. The summed E-state index contributed by atoms with van der Waals surface area (Å²) in [7, 11) is 1.30. The summed E-state index contributed by atoms with van der Waals surface area (Å²) in [5, 5.41) is 0. The van der Waals surface area contributed by atoms with Crippen molar-refractivity contribution in [2.45, 2.75) is 38.6 Å². The largest absolute Gasteiger partial charge is 0.385 e. The molecule has 0 spiro atoms. The Labute approximate surface area is 60.0 Å². The molecule has 0 aliphatic heterocycles. The van der Waals surface area contributed by atoms with Crippen LogP contribution in [-0.2, 0) is 4.74 Å². The minimum Gasteiger partial charge on any atom is -0.385 e. The first-order chi connectivity index (χ1) is 4.22. The second-order valence-corrected chi connectivity index (χ2v) is 6.04. The van der Waals surface area contributed by atoms with Crippen LogP contribution in [0.15, 0.2) is 0 Å². The van der Waals surface area contributed by atoms with E-state index in [2.05, 4.69) is 20.0 Å². The Morgan fingerprint density at radius 3 is 2.11 bits per heavy atom. The molecule has 0 aromatic carbocycles. The molecule has 0 saturated heterocycles. The normalized spacial score (nSPS) is 14.3. The van der Waals surface area contributed by atoms with Gasteiger partial charge in [0.25, 0.3) is 0 Å². The third-order valence-electron chi connectivity index (χ3n) is 1.62. The molecule has 0 heterocycles. The molecule has 2 heteroatoms. The molecule has 0 aliphatic rings. The Morgan fingerprint density at radius 1 is 1.44 bits per heavy atom. The topological polar surface area (TPSA) is 9.23 Å². The maximum Gasteiger partial charge on any atom is 0.0655 e. The van der Waals surface area contributed by atoms with Gasteiger partial charge in [-0.2, -0.15) is 0 Å². The highest BCUT2D eigenvalue weighted by molar-refractivity contribution is 6.57. The van der Waals surface area contributed by atoms with E-state index >= 15 is 0 Å². The molecule has 0 N–H and O–H groups in total. The maximum atomic E-state index is 5.31. The van der Waals surface area contributed by atoms with E-state index in [9.17, 15) is 0 Å². The summed E-state index contributed by atoms with van der Waals surface area (Å²) < 4.78 is 5.31. The number of hydrogen-bond donors (Lipinski definition) is 0. The van der Waals surface area contributed by atoms with Gasteiger partial charge in [-0.25, -0.2) is 0 Å². The Morgan fingerprint density at radius 2 is 2.00 bits per heavy atom.